The number of ether oxygens (including phenoxy) is 2. The summed E-state index contributed by atoms with van der Waals surface area (Å²) in [6.45, 7) is 2.30. The van der Waals surface area contributed by atoms with Crippen LogP contribution >= 0.6 is 23.2 Å². The highest BCUT2D eigenvalue weighted by atomic mass is 35.5. The molecule has 1 N–H and O–H groups in total. The predicted molar refractivity (Wildman–Crippen MR) is 81.1 cm³/mol. The summed E-state index contributed by atoms with van der Waals surface area (Å²) in [7, 11) is 0. The summed E-state index contributed by atoms with van der Waals surface area (Å²) in [5.74, 6) is 1.39. The second kappa shape index (κ2) is 5.43. The Morgan fingerprint density at radius 3 is 2.40 bits per heavy atom. The van der Waals surface area contributed by atoms with Crippen molar-refractivity contribution in [2.75, 3.05) is 12.1 Å². The van der Waals surface area contributed by atoms with Gasteiger partial charge in [-0.05, 0) is 24.6 Å². The first-order valence-electron chi connectivity index (χ1n) is 6.24. The Balaban J connectivity index is 1.82. The van der Waals surface area contributed by atoms with E-state index in [-0.39, 0.29) is 12.8 Å². The van der Waals surface area contributed by atoms with Gasteiger partial charge < -0.3 is 14.8 Å². The first-order chi connectivity index (χ1) is 9.63. The third-order valence-corrected chi connectivity index (χ3v) is 3.77. The molecule has 1 heterocycles. The zero-order chi connectivity index (χ0) is 14.1. The summed E-state index contributed by atoms with van der Waals surface area (Å²) in [4.78, 5) is 0. The minimum Gasteiger partial charge on any atom is -0.454 e. The Hall–Kier alpha value is -1.58. The fourth-order valence-electron chi connectivity index (χ4n) is 2.10. The minimum absolute atomic E-state index is 0.102. The van der Waals surface area contributed by atoms with Gasteiger partial charge in [-0.2, -0.15) is 0 Å². The zero-order valence-electron chi connectivity index (χ0n) is 10.8. The van der Waals surface area contributed by atoms with Crippen LogP contribution in [0.3, 0.4) is 0 Å². The maximum atomic E-state index is 6.25. The molecule has 3 rings (SSSR count). The van der Waals surface area contributed by atoms with Gasteiger partial charge in [0.05, 0.1) is 10.7 Å². The van der Waals surface area contributed by atoms with E-state index in [1.54, 1.807) is 6.07 Å². The molecule has 1 aliphatic rings. The Bertz CT molecular complexity index is 629. The molecule has 0 radical (unpaired) electrons. The van der Waals surface area contributed by atoms with Gasteiger partial charge in [-0.25, -0.2) is 0 Å². The van der Waals surface area contributed by atoms with Crippen LogP contribution in [-0.2, 0) is 0 Å². The molecule has 1 aliphatic heterocycles. The van der Waals surface area contributed by atoms with Crippen LogP contribution in [0.1, 0.15) is 18.5 Å². The fourth-order valence-corrected chi connectivity index (χ4v) is 2.43. The maximum Gasteiger partial charge on any atom is 0.231 e. The number of halogens is 2. The summed E-state index contributed by atoms with van der Waals surface area (Å²) >= 11 is 12.1. The highest BCUT2D eigenvalue weighted by molar-refractivity contribution is 6.33. The van der Waals surface area contributed by atoms with Gasteiger partial charge in [-0.3, -0.25) is 0 Å². The molecule has 3 nitrogen and oxygen atoms in total. The molecule has 2 aromatic rings. The normalized spacial score (nSPS) is 14.2. The molecule has 0 spiro atoms. The second-order valence-electron chi connectivity index (χ2n) is 4.60. The van der Waals surface area contributed by atoms with Crippen LogP contribution in [0.25, 0.3) is 0 Å². The number of hydrogen-bond acceptors (Lipinski definition) is 3. The van der Waals surface area contributed by atoms with Gasteiger partial charge in [0, 0.05) is 23.2 Å². The average molecular weight is 310 g/mol. The lowest BCUT2D eigenvalue weighted by Crippen LogP contribution is -2.06. The molecule has 20 heavy (non-hydrogen) atoms. The molecule has 2 aromatic carbocycles. The van der Waals surface area contributed by atoms with Crippen molar-refractivity contribution in [1.82, 2.24) is 0 Å². The average Bonchev–Trinajstić information content (AvgIpc) is 2.87. The summed E-state index contributed by atoms with van der Waals surface area (Å²) in [6, 6.07) is 11.4. The summed E-state index contributed by atoms with van der Waals surface area (Å²) < 4.78 is 10.6. The van der Waals surface area contributed by atoms with Gasteiger partial charge in [0.2, 0.25) is 6.79 Å². The molecular formula is C15H13Cl2NO2. The lowest BCUT2D eigenvalue weighted by molar-refractivity contribution is 0.174. The topological polar surface area (TPSA) is 30.5 Å². The summed E-state index contributed by atoms with van der Waals surface area (Å²) in [6.07, 6.45) is 0. The van der Waals surface area contributed by atoms with Crippen LogP contribution in [0.4, 0.5) is 5.69 Å². The molecule has 0 aromatic heterocycles. The molecule has 0 saturated heterocycles. The Morgan fingerprint density at radius 2 is 1.70 bits per heavy atom. The van der Waals surface area contributed by atoms with Crippen LogP contribution in [0.5, 0.6) is 11.5 Å². The van der Waals surface area contributed by atoms with Crippen LogP contribution in [0, 0.1) is 0 Å². The van der Waals surface area contributed by atoms with E-state index in [9.17, 15) is 0 Å². The molecular weight excluding hydrogens is 297 g/mol. The lowest BCUT2D eigenvalue weighted by Gasteiger charge is -2.17. The highest BCUT2D eigenvalue weighted by Crippen LogP contribution is 2.40. The largest absolute Gasteiger partial charge is 0.454 e. The first-order valence-corrected chi connectivity index (χ1v) is 7.00. The van der Waals surface area contributed by atoms with Crippen molar-refractivity contribution in [2.45, 2.75) is 13.0 Å². The smallest absolute Gasteiger partial charge is 0.231 e. The SMILES string of the molecule is CC(Nc1cc2c(cc1Cl)OCO2)c1ccc(Cl)cc1. The minimum atomic E-state index is 0.102. The van der Waals surface area contributed by atoms with Crippen molar-refractivity contribution in [2.24, 2.45) is 0 Å². The van der Waals surface area contributed by atoms with E-state index in [0.29, 0.717) is 16.5 Å². The van der Waals surface area contributed by atoms with Gasteiger partial charge in [-0.1, -0.05) is 35.3 Å². The Kier molecular flexibility index (Phi) is 3.64. The van der Waals surface area contributed by atoms with Crippen molar-refractivity contribution in [3.8, 4) is 11.5 Å². The number of rotatable bonds is 3. The van der Waals surface area contributed by atoms with E-state index in [4.69, 9.17) is 32.7 Å². The molecule has 1 atom stereocenters. The molecule has 104 valence electrons. The molecule has 1 unspecified atom stereocenters. The third kappa shape index (κ3) is 2.65. The Labute approximate surface area is 127 Å². The van der Waals surface area contributed by atoms with Crippen molar-refractivity contribution in [1.29, 1.82) is 0 Å². The molecule has 0 aliphatic carbocycles. The lowest BCUT2D eigenvalue weighted by atomic mass is 10.1. The van der Waals surface area contributed by atoms with Gasteiger partial charge in [-0.15, -0.1) is 0 Å². The molecule has 5 heteroatoms. The van der Waals surface area contributed by atoms with Crippen molar-refractivity contribution < 1.29 is 9.47 Å². The van der Waals surface area contributed by atoms with Crippen LogP contribution < -0.4 is 14.8 Å². The number of hydrogen-bond donors (Lipinski definition) is 1. The quantitative estimate of drug-likeness (QED) is 0.875. The fraction of sp³-hybridized carbons (Fsp3) is 0.200. The standard InChI is InChI=1S/C15H13Cl2NO2/c1-9(10-2-4-11(16)5-3-10)18-13-7-15-14(6-12(13)17)19-8-20-15/h2-7,9,18H,8H2,1H3. The number of benzene rings is 2. The van der Waals surface area contributed by atoms with Crippen molar-refractivity contribution >= 4 is 28.9 Å². The number of nitrogens with one attached hydrogen (secondary N) is 1. The van der Waals surface area contributed by atoms with Crippen LogP contribution in [-0.4, -0.2) is 6.79 Å². The molecule has 0 fully saturated rings. The number of fused-ring (bicyclic) bond motifs is 1. The van der Waals surface area contributed by atoms with Crippen LogP contribution in [0.15, 0.2) is 36.4 Å². The molecule has 0 amide bonds. The van der Waals surface area contributed by atoms with E-state index in [1.807, 2.05) is 30.3 Å². The van der Waals surface area contributed by atoms with Gasteiger partial charge in [0.15, 0.2) is 11.5 Å². The molecule has 0 saturated carbocycles. The second-order valence-corrected chi connectivity index (χ2v) is 5.45. The highest BCUT2D eigenvalue weighted by Gasteiger charge is 2.17. The van der Waals surface area contributed by atoms with E-state index in [1.165, 1.54) is 0 Å². The third-order valence-electron chi connectivity index (χ3n) is 3.20. The van der Waals surface area contributed by atoms with Gasteiger partial charge >= 0.3 is 0 Å². The number of anilines is 1. The predicted octanol–water partition coefficient (Wildman–Crippen LogP) is 4.90. The first kappa shape index (κ1) is 13.4. The van der Waals surface area contributed by atoms with E-state index in [2.05, 4.69) is 12.2 Å². The van der Waals surface area contributed by atoms with E-state index < -0.39 is 0 Å². The van der Waals surface area contributed by atoms with E-state index >= 15 is 0 Å². The monoisotopic (exact) mass is 309 g/mol. The summed E-state index contributed by atoms with van der Waals surface area (Å²) in [5.41, 5.74) is 1.95. The van der Waals surface area contributed by atoms with E-state index in [0.717, 1.165) is 16.3 Å². The van der Waals surface area contributed by atoms with Gasteiger partial charge in [0.25, 0.3) is 0 Å². The molecule has 0 bridgehead atoms. The van der Waals surface area contributed by atoms with Crippen molar-refractivity contribution in [3.05, 3.63) is 52.0 Å². The Morgan fingerprint density at radius 1 is 1.05 bits per heavy atom. The van der Waals surface area contributed by atoms with Gasteiger partial charge in [0.1, 0.15) is 0 Å². The van der Waals surface area contributed by atoms with Crippen LogP contribution in [0.2, 0.25) is 10.0 Å². The van der Waals surface area contributed by atoms with Crippen molar-refractivity contribution in [3.63, 3.8) is 0 Å². The maximum absolute atomic E-state index is 6.25. The zero-order valence-corrected chi connectivity index (χ0v) is 12.3. The summed E-state index contributed by atoms with van der Waals surface area (Å²) in [5, 5.41) is 4.70.